The molecule has 1 aromatic rings. The van der Waals surface area contributed by atoms with Crippen LogP contribution in [0.3, 0.4) is 0 Å². The van der Waals surface area contributed by atoms with E-state index in [9.17, 15) is 0 Å². The number of rotatable bonds is 1. The molecular formula is C10H14SV. The Morgan fingerprint density at radius 2 is 1.58 bits per heavy atom. The molecule has 2 heteroatoms. The fourth-order valence-electron chi connectivity index (χ4n) is 0.650. The maximum Gasteiger partial charge on any atom is 0 e. The normalized spacial score (nSPS) is 8.25. The third-order valence-corrected chi connectivity index (χ3v) is 1.22. The zero-order valence-corrected chi connectivity index (χ0v) is 9.73. The maximum atomic E-state index is 3.95. The number of benzene rings is 1. The average Bonchev–Trinajstić information content (AvgIpc) is 2.11. The number of hydrogen-bond acceptors (Lipinski definition) is 1. The molecule has 0 N–H and O–H groups in total. The van der Waals surface area contributed by atoms with E-state index in [1.165, 1.54) is 5.56 Å². The molecule has 0 unspecified atom stereocenters. The molecule has 1 aromatic carbocycles. The molecule has 0 bridgehead atoms. The Kier molecular flexibility index (Phi) is 13.1. The quantitative estimate of drug-likeness (QED) is 0.682. The van der Waals surface area contributed by atoms with Gasteiger partial charge in [-0.2, -0.15) is 12.6 Å². The second-order valence-electron chi connectivity index (χ2n) is 1.73. The van der Waals surface area contributed by atoms with Gasteiger partial charge < -0.3 is 0 Å². The van der Waals surface area contributed by atoms with Crippen molar-refractivity contribution in [3.63, 3.8) is 0 Å². The van der Waals surface area contributed by atoms with Gasteiger partial charge in [-0.15, -0.1) is 0 Å². The molecule has 0 saturated carbocycles. The van der Waals surface area contributed by atoms with Crippen LogP contribution in [0, 0.1) is 0 Å². The molecule has 1 radical (unpaired) electrons. The van der Waals surface area contributed by atoms with E-state index in [1.54, 1.807) is 5.41 Å². The molecule has 12 heavy (non-hydrogen) atoms. The maximum absolute atomic E-state index is 3.95. The van der Waals surface area contributed by atoms with Crippen molar-refractivity contribution >= 4 is 18.7 Å². The van der Waals surface area contributed by atoms with Gasteiger partial charge >= 0.3 is 0 Å². The Morgan fingerprint density at radius 1 is 1.08 bits per heavy atom. The van der Waals surface area contributed by atoms with Crippen LogP contribution < -0.4 is 0 Å². The van der Waals surface area contributed by atoms with Crippen LogP contribution in [0.15, 0.2) is 35.7 Å². The van der Waals surface area contributed by atoms with E-state index in [4.69, 9.17) is 0 Å². The SMILES string of the molecule is CC.S/C=C/c1ccccc1.[V]. The topological polar surface area (TPSA) is 0 Å². The van der Waals surface area contributed by atoms with Crippen LogP contribution in [0.5, 0.6) is 0 Å². The second-order valence-corrected chi connectivity index (χ2v) is 2.02. The first kappa shape index (κ1) is 14.4. The molecule has 0 spiro atoms. The van der Waals surface area contributed by atoms with Gasteiger partial charge in [0, 0.05) is 18.6 Å². The Labute approximate surface area is 92.4 Å². The molecule has 0 saturated heterocycles. The zero-order valence-electron chi connectivity index (χ0n) is 7.44. The summed E-state index contributed by atoms with van der Waals surface area (Å²) in [5.41, 5.74) is 1.19. The summed E-state index contributed by atoms with van der Waals surface area (Å²) < 4.78 is 0. The number of thiol groups is 1. The summed E-state index contributed by atoms with van der Waals surface area (Å²) in [6, 6.07) is 10.1. The van der Waals surface area contributed by atoms with Crippen LogP contribution in [0.4, 0.5) is 0 Å². The van der Waals surface area contributed by atoms with E-state index in [2.05, 4.69) is 12.6 Å². The Hall–Kier alpha value is -0.106. The monoisotopic (exact) mass is 217 g/mol. The Balaban J connectivity index is 0. The minimum atomic E-state index is 0. The van der Waals surface area contributed by atoms with E-state index in [-0.39, 0.29) is 18.6 Å². The van der Waals surface area contributed by atoms with Crippen LogP contribution in [-0.2, 0) is 18.6 Å². The van der Waals surface area contributed by atoms with Crippen molar-refractivity contribution in [2.75, 3.05) is 0 Å². The van der Waals surface area contributed by atoms with Gasteiger partial charge in [0.25, 0.3) is 0 Å². The first-order valence-corrected chi connectivity index (χ1v) is 4.31. The molecule has 0 nitrogen and oxygen atoms in total. The molecule has 65 valence electrons. The van der Waals surface area contributed by atoms with E-state index in [0.29, 0.717) is 0 Å². The van der Waals surface area contributed by atoms with Crippen LogP contribution in [0.2, 0.25) is 0 Å². The second kappa shape index (κ2) is 10.9. The van der Waals surface area contributed by atoms with Crippen molar-refractivity contribution in [1.82, 2.24) is 0 Å². The van der Waals surface area contributed by atoms with Gasteiger partial charge in [0.05, 0.1) is 0 Å². The molecule has 0 aromatic heterocycles. The standard InChI is InChI=1S/C8H8S.C2H6.V/c9-7-6-8-4-2-1-3-5-8;1-2;/h1-7,9H;1-2H3;/b7-6+;;. The summed E-state index contributed by atoms with van der Waals surface area (Å²) >= 11 is 3.95. The first-order valence-electron chi connectivity index (χ1n) is 3.79. The molecule has 0 atom stereocenters. The van der Waals surface area contributed by atoms with Crippen LogP contribution in [0.25, 0.3) is 6.08 Å². The van der Waals surface area contributed by atoms with Gasteiger partial charge in [0.2, 0.25) is 0 Å². The minimum Gasteiger partial charge on any atom is -0.151 e. The van der Waals surface area contributed by atoms with Gasteiger partial charge in [0.15, 0.2) is 0 Å². The smallest absolute Gasteiger partial charge is 0 e. The van der Waals surface area contributed by atoms with Gasteiger partial charge in [-0.25, -0.2) is 0 Å². The van der Waals surface area contributed by atoms with Gasteiger partial charge in [0.1, 0.15) is 0 Å². The molecule has 0 heterocycles. The largest absolute Gasteiger partial charge is 0.151 e. The molecule has 1 rings (SSSR count). The van der Waals surface area contributed by atoms with Crippen molar-refractivity contribution in [3.8, 4) is 0 Å². The zero-order chi connectivity index (χ0) is 8.53. The predicted molar refractivity (Wildman–Crippen MR) is 55.8 cm³/mol. The van der Waals surface area contributed by atoms with E-state index in [1.807, 2.05) is 50.3 Å². The predicted octanol–water partition coefficient (Wildman–Crippen LogP) is 3.61. The van der Waals surface area contributed by atoms with Crippen molar-refractivity contribution in [2.24, 2.45) is 0 Å². The summed E-state index contributed by atoms with van der Waals surface area (Å²) in [7, 11) is 0. The van der Waals surface area contributed by atoms with Gasteiger partial charge in [-0.1, -0.05) is 44.2 Å². The average molecular weight is 217 g/mol. The molecule has 0 aliphatic rings. The van der Waals surface area contributed by atoms with E-state index < -0.39 is 0 Å². The molecule has 0 aliphatic heterocycles. The van der Waals surface area contributed by atoms with E-state index >= 15 is 0 Å². The summed E-state index contributed by atoms with van der Waals surface area (Å²) in [4.78, 5) is 0. The molecule has 0 aliphatic carbocycles. The summed E-state index contributed by atoms with van der Waals surface area (Å²) in [5.74, 6) is 0. The van der Waals surface area contributed by atoms with Crippen molar-refractivity contribution in [1.29, 1.82) is 0 Å². The fraction of sp³-hybridized carbons (Fsp3) is 0.200. The van der Waals surface area contributed by atoms with Crippen LogP contribution in [0.1, 0.15) is 19.4 Å². The molecule has 0 fully saturated rings. The summed E-state index contributed by atoms with van der Waals surface area (Å²) in [5, 5.41) is 1.73. The Morgan fingerprint density at radius 3 is 2.00 bits per heavy atom. The van der Waals surface area contributed by atoms with Crippen molar-refractivity contribution in [2.45, 2.75) is 13.8 Å². The minimum absolute atomic E-state index is 0. The fourth-order valence-corrected chi connectivity index (χ4v) is 0.822. The number of hydrogen-bond donors (Lipinski definition) is 1. The van der Waals surface area contributed by atoms with Crippen LogP contribution in [-0.4, -0.2) is 0 Å². The van der Waals surface area contributed by atoms with Crippen molar-refractivity contribution < 1.29 is 18.6 Å². The first-order chi connectivity index (χ1) is 5.43. The van der Waals surface area contributed by atoms with Gasteiger partial charge in [-0.05, 0) is 17.0 Å². The Bertz CT molecular complexity index is 194. The summed E-state index contributed by atoms with van der Waals surface area (Å²) in [6.07, 6.45) is 1.95. The third kappa shape index (κ3) is 6.60. The molecular weight excluding hydrogens is 203 g/mol. The molecule has 0 amide bonds. The van der Waals surface area contributed by atoms with Gasteiger partial charge in [-0.3, -0.25) is 0 Å². The third-order valence-electron chi connectivity index (χ3n) is 1.07. The van der Waals surface area contributed by atoms with Crippen molar-refractivity contribution in [3.05, 3.63) is 41.3 Å². The van der Waals surface area contributed by atoms with Crippen LogP contribution >= 0.6 is 12.6 Å². The summed E-state index contributed by atoms with van der Waals surface area (Å²) in [6.45, 7) is 4.00. The van der Waals surface area contributed by atoms with E-state index in [0.717, 1.165) is 0 Å².